The zero-order valence-electron chi connectivity index (χ0n) is 13.2. The highest BCUT2D eigenvalue weighted by Gasteiger charge is 2.19. The molecule has 0 spiro atoms. The van der Waals surface area contributed by atoms with Gasteiger partial charge < -0.3 is 15.1 Å². The van der Waals surface area contributed by atoms with Gasteiger partial charge in [0.1, 0.15) is 5.69 Å². The molecule has 1 aromatic heterocycles. The maximum atomic E-state index is 10.3. The van der Waals surface area contributed by atoms with Crippen LogP contribution in [0.1, 0.15) is 38.8 Å². The van der Waals surface area contributed by atoms with E-state index in [2.05, 4.69) is 24.9 Å². The second kappa shape index (κ2) is 7.69. The Morgan fingerprint density at radius 3 is 2.45 bits per heavy atom. The highest BCUT2D eigenvalue weighted by atomic mass is 16.3. The monoisotopic (exact) mass is 299 g/mol. The first-order valence-electron chi connectivity index (χ1n) is 7.84. The molecule has 0 aliphatic heterocycles. The zero-order chi connectivity index (χ0) is 15.9. The van der Waals surface area contributed by atoms with Crippen molar-refractivity contribution in [1.82, 2.24) is 4.98 Å². The van der Waals surface area contributed by atoms with Gasteiger partial charge in [0.25, 0.3) is 0 Å². The number of nitrogens with zero attached hydrogens (tertiary/aromatic N) is 2. The van der Waals surface area contributed by atoms with Gasteiger partial charge in [0, 0.05) is 12.2 Å². The van der Waals surface area contributed by atoms with Gasteiger partial charge in [-0.2, -0.15) is 0 Å². The molecule has 1 heterocycles. The fourth-order valence-electron chi connectivity index (χ4n) is 2.51. The lowest BCUT2D eigenvalue weighted by atomic mass is 10.1. The van der Waals surface area contributed by atoms with E-state index in [0.29, 0.717) is 17.8 Å². The first kappa shape index (κ1) is 16.1. The summed E-state index contributed by atoms with van der Waals surface area (Å²) in [5.41, 5.74) is 2.37. The number of pyridine rings is 1. The largest absolute Gasteiger partial charge is 0.505 e. The standard InChI is InChI=1S/C18H23N2O2/c1-3-5-11-15-18(16(21)13-17(22)19-15)20(12-4-2)14-9-7-6-8-10-14/h6-10H,3-5,11-12H2,1-2H3,(H2,19,21,22). The summed E-state index contributed by atoms with van der Waals surface area (Å²) in [6.45, 7) is 4.96. The van der Waals surface area contributed by atoms with E-state index in [-0.39, 0.29) is 11.6 Å². The Morgan fingerprint density at radius 2 is 1.82 bits per heavy atom. The van der Waals surface area contributed by atoms with Crippen LogP contribution in [-0.4, -0.2) is 21.7 Å². The topological polar surface area (TPSA) is 56.6 Å². The molecule has 0 saturated heterocycles. The lowest BCUT2D eigenvalue weighted by Crippen LogP contribution is -2.20. The van der Waals surface area contributed by atoms with E-state index in [1.807, 2.05) is 35.2 Å². The Balaban J connectivity index is 2.50. The average molecular weight is 299 g/mol. The van der Waals surface area contributed by atoms with E-state index >= 15 is 0 Å². The van der Waals surface area contributed by atoms with Gasteiger partial charge in [-0.15, -0.1) is 0 Å². The van der Waals surface area contributed by atoms with Crippen molar-refractivity contribution in [1.29, 1.82) is 0 Å². The van der Waals surface area contributed by atoms with E-state index in [0.717, 1.165) is 31.5 Å². The van der Waals surface area contributed by atoms with E-state index in [4.69, 9.17) is 0 Å². The summed E-state index contributed by atoms with van der Waals surface area (Å²) in [5.74, 6) is -0.298. The van der Waals surface area contributed by atoms with Gasteiger partial charge >= 0.3 is 0 Å². The third kappa shape index (κ3) is 3.70. The lowest BCUT2D eigenvalue weighted by molar-refractivity contribution is 0.430. The SMILES string of the molecule is CCCCc1nc(O)[c]c(O)c1N(CCC)c1ccccc1. The molecular weight excluding hydrogens is 276 g/mol. The van der Waals surface area contributed by atoms with Crippen LogP contribution in [-0.2, 0) is 6.42 Å². The summed E-state index contributed by atoms with van der Waals surface area (Å²) < 4.78 is 0. The van der Waals surface area contributed by atoms with Crippen molar-refractivity contribution in [2.75, 3.05) is 11.4 Å². The van der Waals surface area contributed by atoms with Gasteiger partial charge in [-0.1, -0.05) is 38.5 Å². The molecule has 4 nitrogen and oxygen atoms in total. The molecule has 1 aromatic carbocycles. The normalized spacial score (nSPS) is 10.6. The molecule has 0 aliphatic rings. The first-order valence-corrected chi connectivity index (χ1v) is 7.84. The van der Waals surface area contributed by atoms with Gasteiger partial charge in [0.15, 0.2) is 5.75 Å². The van der Waals surface area contributed by atoms with E-state index < -0.39 is 0 Å². The molecule has 2 N–H and O–H groups in total. The van der Waals surface area contributed by atoms with Gasteiger partial charge in [-0.05, 0) is 31.4 Å². The fourth-order valence-corrected chi connectivity index (χ4v) is 2.51. The molecule has 0 aliphatic carbocycles. The average Bonchev–Trinajstić information content (AvgIpc) is 2.52. The number of anilines is 2. The number of aryl methyl sites for hydroxylation is 1. The smallest absolute Gasteiger partial charge is 0.223 e. The predicted molar refractivity (Wildman–Crippen MR) is 88.8 cm³/mol. The van der Waals surface area contributed by atoms with Crippen molar-refractivity contribution in [3.63, 3.8) is 0 Å². The number of aromatic hydroxyl groups is 2. The second-order valence-electron chi connectivity index (χ2n) is 5.30. The quantitative estimate of drug-likeness (QED) is 0.805. The Morgan fingerprint density at radius 1 is 1.09 bits per heavy atom. The van der Waals surface area contributed by atoms with Crippen molar-refractivity contribution in [2.24, 2.45) is 0 Å². The molecule has 0 fully saturated rings. The second-order valence-corrected chi connectivity index (χ2v) is 5.30. The van der Waals surface area contributed by atoms with Crippen molar-refractivity contribution >= 4 is 11.4 Å². The van der Waals surface area contributed by atoms with Crippen LogP contribution in [0.4, 0.5) is 11.4 Å². The van der Waals surface area contributed by atoms with Crippen LogP contribution < -0.4 is 4.90 Å². The summed E-state index contributed by atoms with van der Waals surface area (Å²) in [6, 6.07) is 12.4. The van der Waals surface area contributed by atoms with Gasteiger partial charge in [-0.25, -0.2) is 4.98 Å². The maximum Gasteiger partial charge on any atom is 0.223 e. The number of hydrogen-bond donors (Lipinski definition) is 2. The minimum absolute atomic E-state index is 0.0455. The summed E-state index contributed by atoms with van der Waals surface area (Å²) >= 11 is 0. The molecule has 1 radical (unpaired) electrons. The van der Waals surface area contributed by atoms with Crippen molar-refractivity contribution < 1.29 is 10.2 Å². The molecule has 0 amide bonds. The highest BCUT2D eigenvalue weighted by molar-refractivity contribution is 5.71. The van der Waals surface area contributed by atoms with Crippen LogP contribution in [0.3, 0.4) is 0 Å². The fraction of sp³-hybridized carbons (Fsp3) is 0.389. The summed E-state index contributed by atoms with van der Waals surface area (Å²) in [4.78, 5) is 6.24. The van der Waals surface area contributed by atoms with E-state index in [1.54, 1.807) is 0 Å². The Bertz CT molecular complexity index is 600. The van der Waals surface area contributed by atoms with Gasteiger partial charge in [-0.3, -0.25) is 0 Å². The maximum absolute atomic E-state index is 10.3. The van der Waals surface area contributed by atoms with Crippen LogP contribution >= 0.6 is 0 Å². The summed E-state index contributed by atoms with van der Waals surface area (Å²) in [5, 5.41) is 20.0. The molecule has 2 rings (SSSR count). The van der Waals surface area contributed by atoms with Crippen LogP contribution in [0, 0.1) is 6.07 Å². The lowest BCUT2D eigenvalue weighted by Gasteiger charge is -2.27. The third-order valence-corrected chi connectivity index (χ3v) is 3.52. The van der Waals surface area contributed by atoms with E-state index in [1.165, 1.54) is 0 Å². The number of aromatic nitrogens is 1. The molecule has 0 saturated carbocycles. The Labute approximate surface area is 132 Å². The minimum atomic E-state index is -0.253. The molecule has 0 bridgehead atoms. The third-order valence-electron chi connectivity index (χ3n) is 3.52. The summed E-state index contributed by atoms with van der Waals surface area (Å²) in [7, 11) is 0. The van der Waals surface area contributed by atoms with Crippen LogP contribution in [0.25, 0.3) is 0 Å². The predicted octanol–water partition coefficient (Wildman–Crippen LogP) is 4.18. The van der Waals surface area contributed by atoms with Gasteiger partial charge in [0.05, 0.1) is 11.8 Å². The van der Waals surface area contributed by atoms with Crippen molar-refractivity contribution in [3.8, 4) is 11.6 Å². The Kier molecular flexibility index (Phi) is 5.64. The molecule has 117 valence electrons. The van der Waals surface area contributed by atoms with Crippen molar-refractivity contribution in [3.05, 3.63) is 42.1 Å². The number of rotatable bonds is 7. The minimum Gasteiger partial charge on any atom is -0.505 e. The first-order chi connectivity index (χ1) is 10.7. The number of benzene rings is 1. The number of para-hydroxylation sites is 1. The molecule has 0 atom stereocenters. The summed E-state index contributed by atoms with van der Waals surface area (Å²) in [6.07, 6.45) is 3.63. The molecular formula is C18H23N2O2. The Hall–Kier alpha value is -2.23. The molecule has 0 unspecified atom stereocenters. The number of unbranched alkanes of at least 4 members (excludes halogenated alkanes) is 1. The number of hydrogen-bond acceptors (Lipinski definition) is 4. The van der Waals surface area contributed by atoms with Crippen LogP contribution in [0.5, 0.6) is 11.6 Å². The zero-order valence-corrected chi connectivity index (χ0v) is 13.2. The van der Waals surface area contributed by atoms with Crippen LogP contribution in [0.15, 0.2) is 30.3 Å². The molecule has 2 aromatic rings. The molecule has 4 heteroatoms. The van der Waals surface area contributed by atoms with Crippen molar-refractivity contribution in [2.45, 2.75) is 39.5 Å². The molecule has 22 heavy (non-hydrogen) atoms. The van der Waals surface area contributed by atoms with Gasteiger partial charge in [0.2, 0.25) is 5.88 Å². The highest BCUT2D eigenvalue weighted by Crippen LogP contribution is 2.37. The van der Waals surface area contributed by atoms with E-state index in [9.17, 15) is 10.2 Å². The van der Waals surface area contributed by atoms with Crippen LogP contribution in [0.2, 0.25) is 0 Å².